The topological polar surface area (TPSA) is 125 Å². The Morgan fingerprint density at radius 2 is 1.31 bits per heavy atom. The maximum Gasteiger partial charge on any atom is 0.508 e. The lowest BCUT2D eigenvalue weighted by Gasteiger charge is -2.27. The van der Waals surface area contributed by atoms with Gasteiger partial charge in [-0.05, 0) is 75.6 Å². The highest BCUT2D eigenvalue weighted by Crippen LogP contribution is 2.30. The maximum absolute atomic E-state index is 12.4. The number of esters is 2. The van der Waals surface area contributed by atoms with Crippen LogP contribution in [0.3, 0.4) is 0 Å². The first-order chi connectivity index (χ1) is 15.4. The van der Waals surface area contributed by atoms with Crippen molar-refractivity contribution in [2.75, 3.05) is 7.11 Å². The molecule has 0 aromatic heterocycles. The van der Waals surface area contributed by atoms with Gasteiger partial charge in [-0.25, -0.2) is 9.59 Å². The first kappa shape index (κ1) is 23.6. The van der Waals surface area contributed by atoms with Crippen molar-refractivity contribution in [2.24, 2.45) is 11.8 Å². The molecule has 174 valence electrons. The van der Waals surface area contributed by atoms with Gasteiger partial charge in [-0.15, -0.1) is 0 Å². The third kappa shape index (κ3) is 6.45. The third-order valence-electron chi connectivity index (χ3n) is 6.04. The molecule has 9 heteroatoms. The Morgan fingerprint density at radius 3 is 1.84 bits per heavy atom. The lowest BCUT2D eigenvalue weighted by molar-refractivity contribution is -0.146. The molecule has 1 aromatic carbocycles. The van der Waals surface area contributed by atoms with E-state index >= 15 is 0 Å². The summed E-state index contributed by atoms with van der Waals surface area (Å²) in [5, 5.41) is 9.05. The fourth-order valence-corrected chi connectivity index (χ4v) is 4.11. The Bertz CT molecular complexity index is 816. The highest BCUT2D eigenvalue weighted by Gasteiger charge is 2.31. The van der Waals surface area contributed by atoms with E-state index in [1.165, 1.54) is 19.2 Å². The third-order valence-corrected chi connectivity index (χ3v) is 6.04. The zero-order valence-corrected chi connectivity index (χ0v) is 18.0. The van der Waals surface area contributed by atoms with Crippen molar-refractivity contribution in [1.29, 1.82) is 0 Å². The minimum absolute atomic E-state index is 0.231. The summed E-state index contributed by atoms with van der Waals surface area (Å²) >= 11 is 0. The average molecular weight is 448 g/mol. The second-order valence-electron chi connectivity index (χ2n) is 8.21. The van der Waals surface area contributed by atoms with Crippen molar-refractivity contribution in [3.8, 4) is 5.75 Å². The summed E-state index contributed by atoms with van der Waals surface area (Å²) in [5.74, 6) is -2.04. The van der Waals surface area contributed by atoms with Gasteiger partial charge in [-0.2, -0.15) is 0 Å². The van der Waals surface area contributed by atoms with Crippen LogP contribution in [0.2, 0.25) is 0 Å². The van der Waals surface area contributed by atoms with E-state index in [0.29, 0.717) is 62.7 Å². The van der Waals surface area contributed by atoms with Crippen LogP contribution >= 0.6 is 0 Å². The maximum atomic E-state index is 12.4. The molecule has 32 heavy (non-hydrogen) atoms. The molecular weight excluding hydrogens is 420 g/mol. The molecule has 0 heterocycles. The summed E-state index contributed by atoms with van der Waals surface area (Å²) in [4.78, 5) is 46.9. The highest BCUT2D eigenvalue weighted by molar-refractivity contribution is 5.89. The van der Waals surface area contributed by atoms with E-state index in [4.69, 9.17) is 19.3 Å². The molecule has 2 fully saturated rings. The van der Waals surface area contributed by atoms with Gasteiger partial charge in [-0.1, -0.05) is 0 Å². The molecule has 3 rings (SSSR count). The van der Waals surface area contributed by atoms with Gasteiger partial charge in [0.1, 0.15) is 18.0 Å². The molecule has 9 nitrogen and oxygen atoms in total. The average Bonchev–Trinajstić information content (AvgIpc) is 2.80. The lowest BCUT2D eigenvalue weighted by Crippen LogP contribution is -2.29. The number of carboxylic acid groups (broad SMARTS) is 1. The van der Waals surface area contributed by atoms with Crippen LogP contribution in [0.15, 0.2) is 24.3 Å². The number of carboxylic acids is 1. The van der Waals surface area contributed by atoms with Crippen LogP contribution in [0.25, 0.3) is 0 Å². The number of methoxy groups -OCH3 is 1. The Kier molecular flexibility index (Phi) is 8.08. The summed E-state index contributed by atoms with van der Waals surface area (Å²) < 4.78 is 20.5. The molecule has 0 radical (unpaired) electrons. The molecule has 0 unspecified atom stereocenters. The monoisotopic (exact) mass is 448 g/mol. The predicted octanol–water partition coefficient (Wildman–Crippen LogP) is 3.73. The molecule has 1 aromatic rings. The molecule has 0 atom stereocenters. The number of hydrogen-bond donors (Lipinski definition) is 1. The van der Waals surface area contributed by atoms with Gasteiger partial charge in [0.25, 0.3) is 0 Å². The first-order valence-corrected chi connectivity index (χ1v) is 10.9. The van der Waals surface area contributed by atoms with Crippen LogP contribution in [0.1, 0.15) is 61.7 Å². The minimum Gasteiger partial charge on any atom is -0.481 e. The van der Waals surface area contributed by atoms with Gasteiger partial charge in [-0.3, -0.25) is 9.59 Å². The van der Waals surface area contributed by atoms with Crippen LogP contribution in [-0.2, 0) is 23.8 Å². The first-order valence-electron chi connectivity index (χ1n) is 10.9. The molecule has 2 aliphatic rings. The molecular formula is C23H28O9. The van der Waals surface area contributed by atoms with E-state index in [9.17, 15) is 19.2 Å². The normalized spacial score (nSPS) is 25.3. The summed E-state index contributed by atoms with van der Waals surface area (Å²) in [7, 11) is 1.26. The largest absolute Gasteiger partial charge is 0.508 e. The lowest BCUT2D eigenvalue weighted by atomic mass is 9.82. The summed E-state index contributed by atoms with van der Waals surface area (Å²) in [6, 6.07) is 6.16. The van der Waals surface area contributed by atoms with Crippen molar-refractivity contribution >= 4 is 24.1 Å². The zero-order chi connectivity index (χ0) is 23.1. The molecule has 0 amide bonds. The van der Waals surface area contributed by atoms with Crippen LogP contribution in [0.5, 0.6) is 5.75 Å². The van der Waals surface area contributed by atoms with Gasteiger partial charge in [0.15, 0.2) is 0 Å². The zero-order valence-electron chi connectivity index (χ0n) is 18.0. The van der Waals surface area contributed by atoms with Crippen molar-refractivity contribution in [3.05, 3.63) is 29.8 Å². The molecule has 0 saturated heterocycles. The van der Waals surface area contributed by atoms with Crippen molar-refractivity contribution < 1.29 is 43.2 Å². The molecule has 0 bridgehead atoms. The van der Waals surface area contributed by atoms with E-state index in [-0.39, 0.29) is 30.0 Å². The van der Waals surface area contributed by atoms with Gasteiger partial charge < -0.3 is 24.1 Å². The quantitative estimate of drug-likeness (QED) is 0.512. The van der Waals surface area contributed by atoms with E-state index in [1.807, 2.05) is 0 Å². The van der Waals surface area contributed by atoms with E-state index in [0.717, 1.165) is 0 Å². The Labute approximate surface area is 186 Å². The van der Waals surface area contributed by atoms with Crippen LogP contribution in [0, 0.1) is 11.8 Å². The Balaban J connectivity index is 1.43. The number of hydrogen-bond acceptors (Lipinski definition) is 8. The fourth-order valence-electron chi connectivity index (χ4n) is 4.11. The Hall–Kier alpha value is -3.10. The van der Waals surface area contributed by atoms with E-state index < -0.39 is 18.1 Å². The number of rotatable bonds is 6. The molecule has 2 saturated carbocycles. The molecule has 1 N–H and O–H groups in total. The Morgan fingerprint density at radius 1 is 0.781 bits per heavy atom. The fraction of sp³-hybridized carbons (Fsp3) is 0.565. The number of carbonyl (C=O) groups is 4. The molecule has 2 aliphatic carbocycles. The van der Waals surface area contributed by atoms with Crippen LogP contribution < -0.4 is 4.74 Å². The van der Waals surface area contributed by atoms with Crippen molar-refractivity contribution in [1.82, 2.24) is 0 Å². The summed E-state index contributed by atoms with van der Waals surface area (Å²) in [6.07, 6.45) is 3.10. The standard InChI is InChI=1S/C23H28O9/c1-29-23(28)32-19-12-10-18(11-13-19)31-22(27)16-6-8-17(9-7-16)30-21(26)15-4-2-14(3-5-15)20(24)25/h6-9,14-15,18-19H,2-5,10-13H2,1H3,(H,24,25). The van der Waals surface area contributed by atoms with Crippen LogP contribution in [0.4, 0.5) is 4.79 Å². The van der Waals surface area contributed by atoms with E-state index in [1.54, 1.807) is 12.1 Å². The molecule has 0 aliphatic heterocycles. The van der Waals surface area contributed by atoms with Crippen LogP contribution in [-0.4, -0.2) is 48.5 Å². The van der Waals surface area contributed by atoms with Gasteiger partial charge in [0, 0.05) is 0 Å². The SMILES string of the molecule is COC(=O)OC1CCC(OC(=O)c2ccc(OC(=O)C3CCC(C(=O)O)CC3)cc2)CC1. The van der Waals surface area contributed by atoms with Crippen molar-refractivity contribution in [3.63, 3.8) is 0 Å². The van der Waals surface area contributed by atoms with Crippen molar-refractivity contribution in [2.45, 2.75) is 63.6 Å². The summed E-state index contributed by atoms with van der Waals surface area (Å²) in [5.41, 5.74) is 0.347. The number of benzene rings is 1. The minimum atomic E-state index is -0.818. The second kappa shape index (κ2) is 11.0. The van der Waals surface area contributed by atoms with E-state index in [2.05, 4.69) is 4.74 Å². The highest BCUT2D eigenvalue weighted by atomic mass is 16.7. The number of aliphatic carboxylic acids is 1. The van der Waals surface area contributed by atoms with Gasteiger partial charge in [0.2, 0.25) is 0 Å². The van der Waals surface area contributed by atoms with Gasteiger partial charge >= 0.3 is 24.1 Å². The second-order valence-corrected chi connectivity index (χ2v) is 8.21. The van der Waals surface area contributed by atoms with Gasteiger partial charge in [0.05, 0.1) is 24.5 Å². The predicted molar refractivity (Wildman–Crippen MR) is 110 cm³/mol. The molecule has 0 spiro atoms. The summed E-state index contributed by atoms with van der Waals surface area (Å²) in [6.45, 7) is 0. The smallest absolute Gasteiger partial charge is 0.481 e. The number of carbonyl (C=O) groups excluding carboxylic acids is 3. The number of ether oxygens (including phenoxy) is 4.